The number of ether oxygens (including phenoxy) is 2. The largest absolute Gasteiger partial charge is 0.468 e. The normalized spacial score (nSPS) is 12.1. The van der Waals surface area contributed by atoms with Crippen LogP contribution in [-0.4, -0.2) is 32.4 Å². The summed E-state index contributed by atoms with van der Waals surface area (Å²) in [5.74, 6) is 0.361. The van der Waals surface area contributed by atoms with Gasteiger partial charge in [0.05, 0.1) is 14.2 Å². The van der Waals surface area contributed by atoms with Crippen LogP contribution in [0.4, 0.5) is 0 Å². The van der Waals surface area contributed by atoms with Crippen molar-refractivity contribution in [2.75, 3.05) is 14.2 Å². The first-order chi connectivity index (χ1) is 9.52. The van der Waals surface area contributed by atoms with Gasteiger partial charge in [-0.2, -0.15) is 0 Å². The second-order valence-electron chi connectivity index (χ2n) is 4.69. The molecule has 0 aromatic carbocycles. The van der Waals surface area contributed by atoms with Gasteiger partial charge < -0.3 is 14.3 Å². The fraction of sp³-hybridized carbons (Fsp3) is 0.667. The van der Waals surface area contributed by atoms with Crippen LogP contribution in [0.2, 0.25) is 0 Å². The summed E-state index contributed by atoms with van der Waals surface area (Å²) in [6, 6.07) is 0. The van der Waals surface area contributed by atoms with Crippen molar-refractivity contribution in [3.05, 3.63) is 0 Å². The number of hydrogen-bond donors (Lipinski definition) is 0. The third-order valence-electron chi connectivity index (χ3n) is 3.29. The summed E-state index contributed by atoms with van der Waals surface area (Å²) in [5, 5.41) is 0. The summed E-state index contributed by atoms with van der Waals surface area (Å²) >= 11 is 0. The predicted octanol–water partition coefficient (Wildman–Crippen LogP) is 1.74. The first kappa shape index (κ1) is 18.2. The minimum atomic E-state index is -1.60. The molecule has 1 atom stereocenters. The summed E-state index contributed by atoms with van der Waals surface area (Å²) in [6.45, 7) is 2.00. The number of carbonyl (C=O) groups is 3. The molecule has 0 spiro atoms. The Morgan fingerprint density at radius 3 is 2.20 bits per heavy atom. The Bertz CT molecular complexity index is 364. The molecule has 5 heteroatoms. The maximum Gasteiger partial charge on any atom is 0.324 e. The monoisotopic (exact) mass is 282 g/mol. The lowest BCUT2D eigenvalue weighted by molar-refractivity contribution is -0.170. The molecule has 112 valence electrons. The van der Waals surface area contributed by atoms with E-state index >= 15 is 0 Å². The standard InChI is InChI=1S/C15H22O5/c1-5-7-8-12(11-16)10-15(9-6-2,13(17)19-3)14(18)20-4/h2,11-12H,5,7-10H2,1,3-4H3. The highest BCUT2D eigenvalue weighted by Gasteiger charge is 2.49. The zero-order valence-corrected chi connectivity index (χ0v) is 12.3. The number of hydrogen-bond acceptors (Lipinski definition) is 5. The molecule has 0 amide bonds. The quantitative estimate of drug-likeness (QED) is 0.279. The van der Waals surface area contributed by atoms with Gasteiger partial charge >= 0.3 is 11.9 Å². The molecule has 0 aromatic heterocycles. The van der Waals surface area contributed by atoms with Gasteiger partial charge in [0.1, 0.15) is 6.29 Å². The van der Waals surface area contributed by atoms with E-state index in [4.69, 9.17) is 6.42 Å². The molecule has 0 aliphatic carbocycles. The van der Waals surface area contributed by atoms with Gasteiger partial charge in [0, 0.05) is 12.3 Å². The number of terminal acetylenes is 1. The Balaban J connectivity index is 5.37. The van der Waals surface area contributed by atoms with Crippen LogP contribution in [0.15, 0.2) is 0 Å². The topological polar surface area (TPSA) is 69.7 Å². The number of aldehydes is 1. The van der Waals surface area contributed by atoms with Crippen LogP contribution in [0.3, 0.4) is 0 Å². The van der Waals surface area contributed by atoms with Gasteiger partial charge in [-0.25, -0.2) is 0 Å². The van der Waals surface area contributed by atoms with E-state index in [0.29, 0.717) is 6.42 Å². The van der Waals surface area contributed by atoms with Gasteiger partial charge in [-0.1, -0.05) is 19.8 Å². The van der Waals surface area contributed by atoms with Crippen LogP contribution in [0.25, 0.3) is 0 Å². The summed E-state index contributed by atoms with van der Waals surface area (Å²) in [7, 11) is 2.36. The second-order valence-corrected chi connectivity index (χ2v) is 4.69. The van der Waals surface area contributed by atoms with Gasteiger partial charge in [-0.15, -0.1) is 12.3 Å². The van der Waals surface area contributed by atoms with Crippen molar-refractivity contribution in [3.63, 3.8) is 0 Å². The van der Waals surface area contributed by atoms with Crippen molar-refractivity contribution in [3.8, 4) is 12.3 Å². The molecule has 0 aromatic rings. The smallest absolute Gasteiger partial charge is 0.324 e. The van der Waals surface area contributed by atoms with E-state index in [1.165, 1.54) is 14.2 Å². The van der Waals surface area contributed by atoms with Crippen molar-refractivity contribution >= 4 is 18.2 Å². The minimum Gasteiger partial charge on any atom is -0.468 e. The highest BCUT2D eigenvalue weighted by atomic mass is 16.5. The Kier molecular flexibility index (Phi) is 8.30. The second kappa shape index (κ2) is 9.13. The number of carbonyl (C=O) groups excluding carboxylic acids is 3. The van der Waals surface area contributed by atoms with Crippen LogP contribution in [0.5, 0.6) is 0 Å². The lowest BCUT2D eigenvalue weighted by Gasteiger charge is -2.28. The Labute approximate surface area is 120 Å². The van der Waals surface area contributed by atoms with Gasteiger partial charge in [0.2, 0.25) is 0 Å². The van der Waals surface area contributed by atoms with Crippen molar-refractivity contribution in [2.45, 2.75) is 39.0 Å². The zero-order valence-electron chi connectivity index (χ0n) is 12.3. The Hall–Kier alpha value is -1.83. The molecule has 0 saturated carbocycles. The minimum absolute atomic E-state index is 0.0139. The molecular formula is C15H22O5. The van der Waals surface area contributed by atoms with E-state index in [-0.39, 0.29) is 12.8 Å². The van der Waals surface area contributed by atoms with Crippen molar-refractivity contribution in [1.82, 2.24) is 0 Å². The van der Waals surface area contributed by atoms with Crippen LogP contribution in [-0.2, 0) is 23.9 Å². The number of rotatable bonds is 9. The molecule has 0 N–H and O–H groups in total. The van der Waals surface area contributed by atoms with Gasteiger partial charge in [0.15, 0.2) is 5.41 Å². The maximum atomic E-state index is 12.0. The van der Waals surface area contributed by atoms with E-state index in [2.05, 4.69) is 15.4 Å². The van der Waals surface area contributed by atoms with Crippen LogP contribution >= 0.6 is 0 Å². The van der Waals surface area contributed by atoms with E-state index in [1.54, 1.807) is 0 Å². The highest BCUT2D eigenvalue weighted by Crippen LogP contribution is 2.34. The summed E-state index contributed by atoms with van der Waals surface area (Å²) in [4.78, 5) is 35.2. The molecule has 1 unspecified atom stereocenters. The first-order valence-corrected chi connectivity index (χ1v) is 6.57. The lowest BCUT2D eigenvalue weighted by atomic mass is 9.75. The predicted molar refractivity (Wildman–Crippen MR) is 73.6 cm³/mol. The van der Waals surface area contributed by atoms with E-state index < -0.39 is 23.3 Å². The third kappa shape index (κ3) is 4.37. The van der Waals surface area contributed by atoms with E-state index in [9.17, 15) is 14.4 Å². The SMILES string of the molecule is C#CCC(CC(C=O)CCCC)(C(=O)OC)C(=O)OC. The molecule has 0 fully saturated rings. The summed E-state index contributed by atoms with van der Waals surface area (Å²) < 4.78 is 9.38. The number of unbranched alkanes of at least 4 members (excludes halogenated alkanes) is 1. The summed E-state index contributed by atoms with van der Waals surface area (Å²) in [6.07, 6.45) is 8.23. The number of methoxy groups -OCH3 is 2. The Morgan fingerprint density at radius 2 is 1.85 bits per heavy atom. The average molecular weight is 282 g/mol. The van der Waals surface area contributed by atoms with Crippen molar-refractivity contribution < 1.29 is 23.9 Å². The molecule has 0 rings (SSSR count). The van der Waals surface area contributed by atoms with Gasteiger partial charge in [-0.05, 0) is 12.8 Å². The fourth-order valence-corrected chi connectivity index (χ4v) is 2.16. The fourth-order valence-electron chi connectivity index (χ4n) is 2.16. The highest BCUT2D eigenvalue weighted by molar-refractivity contribution is 6.00. The Morgan fingerprint density at radius 1 is 1.30 bits per heavy atom. The molecule has 0 radical (unpaired) electrons. The average Bonchev–Trinajstić information content (AvgIpc) is 2.48. The summed E-state index contributed by atoms with van der Waals surface area (Å²) in [5.41, 5.74) is -1.60. The molecule has 0 aliphatic rings. The zero-order chi connectivity index (χ0) is 15.6. The van der Waals surface area contributed by atoms with Crippen molar-refractivity contribution in [1.29, 1.82) is 0 Å². The van der Waals surface area contributed by atoms with Gasteiger partial charge in [-0.3, -0.25) is 9.59 Å². The third-order valence-corrected chi connectivity index (χ3v) is 3.29. The van der Waals surface area contributed by atoms with Crippen LogP contribution < -0.4 is 0 Å². The van der Waals surface area contributed by atoms with E-state index in [1.807, 2.05) is 6.92 Å². The van der Waals surface area contributed by atoms with Crippen LogP contribution in [0.1, 0.15) is 39.0 Å². The molecule has 0 saturated heterocycles. The molecule has 5 nitrogen and oxygen atoms in total. The number of esters is 2. The van der Waals surface area contributed by atoms with Crippen LogP contribution in [0, 0.1) is 23.7 Å². The molecular weight excluding hydrogens is 260 g/mol. The molecule has 20 heavy (non-hydrogen) atoms. The lowest BCUT2D eigenvalue weighted by Crippen LogP contribution is -2.43. The molecule has 0 bridgehead atoms. The molecule has 0 heterocycles. The maximum absolute atomic E-state index is 12.0. The van der Waals surface area contributed by atoms with Crippen molar-refractivity contribution in [2.24, 2.45) is 11.3 Å². The van der Waals surface area contributed by atoms with Gasteiger partial charge in [0.25, 0.3) is 0 Å². The first-order valence-electron chi connectivity index (χ1n) is 6.57. The molecule has 0 aliphatic heterocycles. The van der Waals surface area contributed by atoms with E-state index in [0.717, 1.165) is 19.1 Å².